The van der Waals surface area contributed by atoms with Crippen LogP contribution in [0, 0.1) is 0 Å². The highest BCUT2D eigenvalue weighted by Crippen LogP contribution is 2.26. The Morgan fingerprint density at radius 1 is 1.30 bits per heavy atom. The third-order valence-corrected chi connectivity index (χ3v) is 3.32. The lowest BCUT2D eigenvalue weighted by atomic mass is 10.2. The van der Waals surface area contributed by atoms with Crippen LogP contribution in [0.1, 0.15) is 12.5 Å². The van der Waals surface area contributed by atoms with Crippen LogP contribution in [-0.2, 0) is 17.8 Å². The van der Waals surface area contributed by atoms with Gasteiger partial charge in [-0.3, -0.25) is 9.19 Å². The molecule has 6 heteroatoms. The fourth-order valence-electron chi connectivity index (χ4n) is 2.00. The van der Waals surface area contributed by atoms with E-state index in [9.17, 15) is 8.76 Å². The molecule has 2 aromatic rings. The van der Waals surface area contributed by atoms with E-state index < -0.39 is 11.3 Å². The van der Waals surface area contributed by atoms with Crippen molar-refractivity contribution in [1.29, 1.82) is 0 Å². The highest BCUT2D eigenvalue weighted by atomic mass is 32.2. The van der Waals surface area contributed by atoms with Gasteiger partial charge in [-0.15, -0.1) is 0 Å². The number of hydrogen-bond acceptors (Lipinski definition) is 4. The predicted octanol–water partition coefficient (Wildman–Crippen LogP) is 2.31. The van der Waals surface area contributed by atoms with Crippen molar-refractivity contribution in [3.8, 4) is 0 Å². The van der Waals surface area contributed by atoms with Crippen molar-refractivity contribution in [2.75, 3.05) is 16.2 Å². The average molecular weight is 290 g/mol. The van der Waals surface area contributed by atoms with Crippen LogP contribution >= 0.6 is 0 Å². The molecule has 0 amide bonds. The second kappa shape index (κ2) is 7.02. The summed E-state index contributed by atoms with van der Waals surface area (Å²) in [5, 5.41) is 0. The highest BCUT2D eigenvalue weighted by molar-refractivity contribution is 7.80. The van der Waals surface area contributed by atoms with Gasteiger partial charge in [-0.25, -0.2) is 0 Å². The van der Waals surface area contributed by atoms with Crippen LogP contribution in [0.2, 0.25) is 0 Å². The molecule has 0 spiro atoms. The molecule has 5 nitrogen and oxygen atoms in total. The number of rotatable bonds is 6. The molecular formula is C14H16N3O2S-. The van der Waals surface area contributed by atoms with Crippen LogP contribution in [0.5, 0.6) is 0 Å². The summed E-state index contributed by atoms with van der Waals surface area (Å²) in [7, 11) is 0. The quantitative estimate of drug-likeness (QED) is 0.829. The van der Waals surface area contributed by atoms with E-state index in [1.807, 2.05) is 43.3 Å². The molecular weight excluding hydrogens is 274 g/mol. The molecule has 0 radical (unpaired) electrons. The molecule has 20 heavy (non-hydrogen) atoms. The minimum atomic E-state index is -2.36. The summed E-state index contributed by atoms with van der Waals surface area (Å²) in [4.78, 5) is 6.05. The normalized spacial score (nSPS) is 11.9. The molecule has 2 rings (SSSR count). The van der Waals surface area contributed by atoms with Gasteiger partial charge in [0.1, 0.15) is 0 Å². The minimum Gasteiger partial charge on any atom is -0.755 e. The van der Waals surface area contributed by atoms with E-state index in [1.165, 1.54) is 11.8 Å². The zero-order valence-electron chi connectivity index (χ0n) is 11.2. The predicted molar refractivity (Wildman–Crippen MR) is 79.9 cm³/mol. The first-order chi connectivity index (χ1) is 9.70. The van der Waals surface area contributed by atoms with Crippen LogP contribution in [0.15, 0.2) is 48.8 Å². The number of aromatic nitrogens is 1. The number of anilines is 2. The van der Waals surface area contributed by atoms with Crippen molar-refractivity contribution in [2.45, 2.75) is 13.5 Å². The van der Waals surface area contributed by atoms with Crippen LogP contribution in [0.4, 0.5) is 11.4 Å². The van der Waals surface area contributed by atoms with Crippen LogP contribution in [0.3, 0.4) is 0 Å². The first kappa shape index (κ1) is 14.5. The lowest BCUT2D eigenvalue weighted by Gasteiger charge is -2.26. The van der Waals surface area contributed by atoms with E-state index in [1.54, 1.807) is 6.20 Å². The first-order valence-electron chi connectivity index (χ1n) is 6.29. The lowest BCUT2D eigenvalue weighted by Crippen LogP contribution is -2.23. The smallest absolute Gasteiger partial charge is 0.0873 e. The third-order valence-electron chi connectivity index (χ3n) is 2.93. The van der Waals surface area contributed by atoms with Gasteiger partial charge in [-0.1, -0.05) is 30.3 Å². The number of nitrogens with one attached hydrogen (secondary N) is 1. The fourth-order valence-corrected chi connectivity index (χ4v) is 2.34. The molecule has 0 fully saturated rings. The zero-order valence-corrected chi connectivity index (χ0v) is 12.0. The molecule has 106 valence electrons. The first-order valence-corrected chi connectivity index (χ1v) is 7.37. The molecule has 0 aliphatic rings. The van der Waals surface area contributed by atoms with Crippen molar-refractivity contribution in [1.82, 2.24) is 4.98 Å². The van der Waals surface area contributed by atoms with Gasteiger partial charge in [-0.2, -0.15) is 0 Å². The summed E-state index contributed by atoms with van der Waals surface area (Å²) in [5.41, 5.74) is 2.47. The van der Waals surface area contributed by atoms with Crippen molar-refractivity contribution in [3.05, 3.63) is 54.4 Å². The summed E-state index contributed by atoms with van der Waals surface area (Å²) in [6, 6.07) is 11.8. The number of nitrogens with zero attached hydrogens (tertiary/aromatic N) is 2. The van der Waals surface area contributed by atoms with Gasteiger partial charge in [0.05, 0.1) is 17.6 Å². The monoisotopic (exact) mass is 290 g/mol. The SMILES string of the molecule is CCN(Cc1ccccc1)c1ccncc1NS(=O)[O-]. The lowest BCUT2D eigenvalue weighted by molar-refractivity contribution is 0.542. The maximum atomic E-state index is 10.8. The largest absolute Gasteiger partial charge is 0.755 e. The van der Waals surface area contributed by atoms with Gasteiger partial charge < -0.3 is 14.2 Å². The van der Waals surface area contributed by atoms with E-state index in [4.69, 9.17) is 0 Å². The molecule has 1 N–H and O–H groups in total. The molecule has 0 aliphatic carbocycles. The van der Waals surface area contributed by atoms with Gasteiger partial charge in [-0.05, 0) is 18.6 Å². The van der Waals surface area contributed by atoms with Gasteiger partial charge in [0.25, 0.3) is 0 Å². The Labute approximate surface area is 121 Å². The van der Waals surface area contributed by atoms with E-state index in [0.29, 0.717) is 12.2 Å². The Hall–Kier alpha value is -1.92. The topological polar surface area (TPSA) is 68.3 Å². The number of pyridine rings is 1. The minimum absolute atomic E-state index is 0.485. The summed E-state index contributed by atoms with van der Waals surface area (Å²) in [5.74, 6) is 0. The van der Waals surface area contributed by atoms with E-state index in [-0.39, 0.29) is 0 Å². The molecule has 0 saturated heterocycles. The van der Waals surface area contributed by atoms with E-state index in [2.05, 4.69) is 14.6 Å². The molecule has 0 aliphatic heterocycles. The number of benzene rings is 1. The summed E-state index contributed by atoms with van der Waals surface area (Å²) in [6.07, 6.45) is 3.17. The van der Waals surface area contributed by atoms with Crippen LogP contribution in [0.25, 0.3) is 0 Å². The molecule has 0 saturated carbocycles. The van der Waals surface area contributed by atoms with Gasteiger partial charge in [0.15, 0.2) is 0 Å². The summed E-state index contributed by atoms with van der Waals surface area (Å²) >= 11 is -2.36. The van der Waals surface area contributed by atoms with Crippen LogP contribution < -0.4 is 9.62 Å². The number of hydrogen-bond donors (Lipinski definition) is 1. The molecule has 0 bridgehead atoms. The van der Waals surface area contributed by atoms with Gasteiger partial charge in [0, 0.05) is 30.6 Å². The molecule has 1 aromatic carbocycles. The maximum absolute atomic E-state index is 10.8. The molecule has 1 heterocycles. The van der Waals surface area contributed by atoms with E-state index in [0.717, 1.165) is 12.2 Å². The van der Waals surface area contributed by atoms with E-state index >= 15 is 0 Å². The third kappa shape index (κ3) is 3.79. The second-order valence-corrected chi connectivity index (χ2v) is 4.90. The molecule has 1 aromatic heterocycles. The van der Waals surface area contributed by atoms with Crippen molar-refractivity contribution in [3.63, 3.8) is 0 Å². The zero-order chi connectivity index (χ0) is 14.4. The average Bonchev–Trinajstić information content (AvgIpc) is 2.46. The Kier molecular flexibility index (Phi) is 5.09. The Morgan fingerprint density at radius 3 is 2.70 bits per heavy atom. The second-order valence-electron chi connectivity index (χ2n) is 4.23. The van der Waals surface area contributed by atoms with Crippen molar-refractivity contribution >= 4 is 22.6 Å². The van der Waals surface area contributed by atoms with Gasteiger partial charge >= 0.3 is 0 Å². The Balaban J connectivity index is 2.25. The standard InChI is InChI=1S/C14H17N3O2S/c1-2-17(11-12-6-4-3-5-7-12)14-8-9-15-10-13(14)16-20(18)19/h3-10,16H,2,11H2,1H3,(H,18,19)/p-1. The summed E-state index contributed by atoms with van der Waals surface area (Å²) in [6.45, 7) is 3.50. The molecule has 1 unspecified atom stereocenters. The van der Waals surface area contributed by atoms with Crippen molar-refractivity contribution < 1.29 is 8.76 Å². The van der Waals surface area contributed by atoms with Crippen LogP contribution in [-0.4, -0.2) is 20.3 Å². The summed E-state index contributed by atoms with van der Waals surface area (Å²) < 4.78 is 24.1. The Morgan fingerprint density at radius 2 is 2.05 bits per heavy atom. The maximum Gasteiger partial charge on any atom is 0.0873 e. The van der Waals surface area contributed by atoms with Crippen molar-refractivity contribution in [2.24, 2.45) is 0 Å². The fraction of sp³-hybridized carbons (Fsp3) is 0.214. The van der Waals surface area contributed by atoms with Gasteiger partial charge in [0.2, 0.25) is 0 Å². The highest BCUT2D eigenvalue weighted by Gasteiger charge is 2.10. The Bertz CT molecular complexity index is 578. The molecule has 1 atom stereocenters.